The summed E-state index contributed by atoms with van der Waals surface area (Å²) >= 11 is 0. The van der Waals surface area contributed by atoms with Crippen molar-refractivity contribution < 1.29 is 9.59 Å². The van der Waals surface area contributed by atoms with Crippen molar-refractivity contribution >= 4 is 17.5 Å². The van der Waals surface area contributed by atoms with E-state index in [1.54, 1.807) is 17.3 Å². The first kappa shape index (κ1) is 18.1. The number of nitrogens with one attached hydrogen (secondary N) is 1. The number of hydrogen-bond acceptors (Lipinski definition) is 3. The van der Waals surface area contributed by atoms with Gasteiger partial charge in [0.05, 0.1) is 5.92 Å². The van der Waals surface area contributed by atoms with Gasteiger partial charge in [-0.1, -0.05) is 26.0 Å². The van der Waals surface area contributed by atoms with Gasteiger partial charge in [-0.05, 0) is 47.7 Å². The van der Waals surface area contributed by atoms with E-state index in [1.165, 1.54) is 5.56 Å². The first-order chi connectivity index (χ1) is 12.5. The van der Waals surface area contributed by atoms with Crippen LogP contribution in [0.2, 0.25) is 0 Å². The summed E-state index contributed by atoms with van der Waals surface area (Å²) in [4.78, 5) is 30.4. The number of rotatable bonds is 6. The summed E-state index contributed by atoms with van der Waals surface area (Å²) in [7, 11) is 0. The fourth-order valence-electron chi connectivity index (χ4n) is 3.20. The fraction of sp³-hybridized carbons (Fsp3) is 0.381. The quantitative estimate of drug-likeness (QED) is 0.870. The molecule has 0 unspecified atom stereocenters. The molecule has 1 aromatic carbocycles. The molecule has 1 atom stereocenters. The Labute approximate surface area is 154 Å². The monoisotopic (exact) mass is 351 g/mol. The van der Waals surface area contributed by atoms with Crippen molar-refractivity contribution in [2.24, 2.45) is 5.92 Å². The van der Waals surface area contributed by atoms with Crippen LogP contribution in [0.5, 0.6) is 0 Å². The molecule has 3 rings (SSSR count). The number of anilines is 1. The lowest BCUT2D eigenvalue weighted by molar-refractivity contribution is -0.126. The molecular formula is C21H25N3O2. The molecule has 0 bridgehead atoms. The van der Waals surface area contributed by atoms with Crippen LogP contribution in [0.3, 0.4) is 0 Å². The summed E-state index contributed by atoms with van der Waals surface area (Å²) in [6, 6.07) is 11.9. The Morgan fingerprint density at radius 1 is 1.19 bits per heavy atom. The number of amides is 2. The van der Waals surface area contributed by atoms with E-state index in [9.17, 15) is 9.59 Å². The van der Waals surface area contributed by atoms with Crippen LogP contribution in [0, 0.1) is 5.92 Å². The second kappa shape index (κ2) is 8.13. The molecule has 0 spiro atoms. The molecule has 0 aliphatic carbocycles. The van der Waals surface area contributed by atoms with Gasteiger partial charge < -0.3 is 10.2 Å². The standard InChI is InChI=1S/C21H25N3O2/c1-15(2)17-3-5-19(6-4-17)24-14-18(13-20(24)25)21(26)23-12-9-16-7-10-22-11-8-16/h3-8,10-11,15,18H,9,12-14H2,1-2H3,(H,23,26)/t18-/m1/s1. The topological polar surface area (TPSA) is 62.3 Å². The molecule has 136 valence electrons. The molecule has 1 fully saturated rings. The van der Waals surface area contributed by atoms with Crippen LogP contribution in [0.25, 0.3) is 0 Å². The molecule has 1 aromatic heterocycles. The first-order valence-corrected chi connectivity index (χ1v) is 9.11. The minimum Gasteiger partial charge on any atom is -0.355 e. The van der Waals surface area contributed by atoms with E-state index in [0.29, 0.717) is 19.0 Å². The molecule has 1 saturated heterocycles. The van der Waals surface area contributed by atoms with Crippen LogP contribution in [0.4, 0.5) is 5.69 Å². The highest BCUT2D eigenvalue weighted by atomic mass is 16.2. The van der Waals surface area contributed by atoms with Crippen molar-refractivity contribution in [3.63, 3.8) is 0 Å². The Morgan fingerprint density at radius 2 is 1.88 bits per heavy atom. The maximum absolute atomic E-state index is 12.4. The molecule has 26 heavy (non-hydrogen) atoms. The van der Waals surface area contributed by atoms with Crippen molar-refractivity contribution in [1.29, 1.82) is 0 Å². The largest absolute Gasteiger partial charge is 0.355 e. The highest BCUT2D eigenvalue weighted by Gasteiger charge is 2.34. The Balaban J connectivity index is 1.54. The minimum absolute atomic E-state index is 0.0107. The van der Waals surface area contributed by atoms with E-state index in [-0.39, 0.29) is 24.2 Å². The average Bonchev–Trinajstić information content (AvgIpc) is 3.04. The summed E-state index contributed by atoms with van der Waals surface area (Å²) < 4.78 is 0. The third-order valence-corrected chi connectivity index (χ3v) is 4.83. The second-order valence-corrected chi connectivity index (χ2v) is 7.05. The second-order valence-electron chi connectivity index (χ2n) is 7.05. The Morgan fingerprint density at radius 3 is 2.54 bits per heavy atom. The molecule has 5 heteroatoms. The number of nitrogens with zero attached hydrogens (tertiary/aromatic N) is 2. The minimum atomic E-state index is -0.287. The third-order valence-electron chi connectivity index (χ3n) is 4.83. The van der Waals surface area contributed by atoms with Crippen LogP contribution in [0.15, 0.2) is 48.8 Å². The zero-order valence-corrected chi connectivity index (χ0v) is 15.3. The molecular weight excluding hydrogens is 326 g/mol. The van der Waals surface area contributed by atoms with E-state index >= 15 is 0 Å². The van der Waals surface area contributed by atoms with E-state index in [2.05, 4.69) is 36.3 Å². The van der Waals surface area contributed by atoms with Gasteiger partial charge in [0.1, 0.15) is 0 Å². The zero-order valence-electron chi connectivity index (χ0n) is 15.3. The van der Waals surface area contributed by atoms with Gasteiger partial charge in [0.25, 0.3) is 0 Å². The van der Waals surface area contributed by atoms with Crippen LogP contribution < -0.4 is 10.2 Å². The predicted molar refractivity (Wildman–Crippen MR) is 102 cm³/mol. The van der Waals surface area contributed by atoms with E-state index in [4.69, 9.17) is 0 Å². The normalized spacial score (nSPS) is 17.0. The highest BCUT2D eigenvalue weighted by Crippen LogP contribution is 2.26. The maximum atomic E-state index is 12.4. The van der Waals surface area contributed by atoms with Crippen LogP contribution in [0.1, 0.15) is 37.3 Å². The van der Waals surface area contributed by atoms with Gasteiger partial charge >= 0.3 is 0 Å². The molecule has 2 heterocycles. The number of pyridine rings is 1. The zero-order chi connectivity index (χ0) is 18.5. The van der Waals surface area contributed by atoms with Gasteiger partial charge in [-0.3, -0.25) is 14.6 Å². The molecule has 1 aliphatic heterocycles. The van der Waals surface area contributed by atoms with Gasteiger partial charge in [0.2, 0.25) is 11.8 Å². The van der Waals surface area contributed by atoms with Gasteiger partial charge in [-0.25, -0.2) is 0 Å². The summed E-state index contributed by atoms with van der Waals surface area (Å²) in [6.07, 6.45) is 4.52. The fourth-order valence-corrected chi connectivity index (χ4v) is 3.20. The molecule has 2 aromatic rings. The van der Waals surface area contributed by atoms with Crippen molar-refractivity contribution in [2.75, 3.05) is 18.0 Å². The number of carbonyl (C=O) groups is 2. The third kappa shape index (κ3) is 4.28. The van der Waals surface area contributed by atoms with Crippen molar-refractivity contribution in [3.8, 4) is 0 Å². The van der Waals surface area contributed by atoms with E-state index in [0.717, 1.165) is 17.7 Å². The Kier molecular flexibility index (Phi) is 5.66. The van der Waals surface area contributed by atoms with Crippen molar-refractivity contribution in [3.05, 3.63) is 59.9 Å². The van der Waals surface area contributed by atoms with Crippen LogP contribution >= 0.6 is 0 Å². The molecule has 5 nitrogen and oxygen atoms in total. The first-order valence-electron chi connectivity index (χ1n) is 9.11. The molecule has 2 amide bonds. The number of hydrogen-bond donors (Lipinski definition) is 1. The molecule has 0 radical (unpaired) electrons. The lowest BCUT2D eigenvalue weighted by Crippen LogP contribution is -2.34. The smallest absolute Gasteiger partial charge is 0.227 e. The van der Waals surface area contributed by atoms with Crippen LogP contribution in [-0.4, -0.2) is 29.9 Å². The molecule has 1 N–H and O–H groups in total. The summed E-state index contributed by atoms with van der Waals surface area (Å²) in [5, 5.41) is 2.95. The lowest BCUT2D eigenvalue weighted by Gasteiger charge is -2.17. The van der Waals surface area contributed by atoms with E-state index in [1.807, 2.05) is 24.3 Å². The summed E-state index contributed by atoms with van der Waals surface area (Å²) in [5.41, 5.74) is 3.24. The van der Waals surface area contributed by atoms with Gasteiger partial charge in [0.15, 0.2) is 0 Å². The number of carbonyl (C=O) groups excluding carboxylic acids is 2. The van der Waals surface area contributed by atoms with Crippen molar-refractivity contribution in [1.82, 2.24) is 10.3 Å². The lowest BCUT2D eigenvalue weighted by atomic mass is 10.0. The number of aromatic nitrogens is 1. The average molecular weight is 351 g/mol. The predicted octanol–water partition coefficient (Wildman–Crippen LogP) is 2.92. The van der Waals surface area contributed by atoms with Crippen LogP contribution in [-0.2, 0) is 16.0 Å². The maximum Gasteiger partial charge on any atom is 0.227 e. The molecule has 0 saturated carbocycles. The van der Waals surface area contributed by atoms with Crippen molar-refractivity contribution in [2.45, 2.75) is 32.6 Å². The summed E-state index contributed by atoms with van der Waals surface area (Å²) in [6.45, 7) is 5.29. The van der Waals surface area contributed by atoms with E-state index < -0.39 is 0 Å². The SMILES string of the molecule is CC(C)c1ccc(N2C[C@H](C(=O)NCCc3ccncc3)CC2=O)cc1. The molecule has 1 aliphatic rings. The van der Waals surface area contributed by atoms with Gasteiger partial charge in [-0.15, -0.1) is 0 Å². The highest BCUT2D eigenvalue weighted by molar-refractivity contribution is 6.00. The Bertz CT molecular complexity index is 757. The number of benzene rings is 1. The van der Waals surface area contributed by atoms with Gasteiger partial charge in [0, 0.05) is 37.6 Å². The Hall–Kier alpha value is -2.69. The summed E-state index contributed by atoms with van der Waals surface area (Å²) in [5.74, 6) is 0.132. The van der Waals surface area contributed by atoms with Gasteiger partial charge in [-0.2, -0.15) is 0 Å².